The molecule has 0 spiro atoms. The SMILES string of the molecule is Cc1ccc([S+](c2ccc(C)cc2)N(C)C)cc1. The van der Waals surface area contributed by atoms with Gasteiger partial charge in [-0.2, -0.15) is 0 Å². The van der Waals surface area contributed by atoms with Gasteiger partial charge in [-0.15, -0.1) is 4.31 Å². The Labute approximate surface area is 113 Å². The van der Waals surface area contributed by atoms with Gasteiger partial charge in [0.2, 0.25) is 0 Å². The third-order valence-electron chi connectivity index (χ3n) is 2.85. The highest BCUT2D eigenvalue weighted by molar-refractivity contribution is 7.94. The molecule has 0 atom stereocenters. The van der Waals surface area contributed by atoms with E-state index in [1.165, 1.54) is 20.9 Å². The van der Waals surface area contributed by atoms with Gasteiger partial charge in [-0.05, 0) is 38.1 Å². The number of aryl methyl sites for hydroxylation is 2. The van der Waals surface area contributed by atoms with E-state index in [-0.39, 0.29) is 11.1 Å². The number of nitrogens with zero attached hydrogens (tertiary/aromatic N) is 1. The van der Waals surface area contributed by atoms with Crippen LogP contribution in [-0.4, -0.2) is 18.4 Å². The third-order valence-corrected chi connectivity index (χ3v) is 5.02. The van der Waals surface area contributed by atoms with Gasteiger partial charge in [0.25, 0.3) is 0 Å². The largest absolute Gasteiger partial charge is 0.182 e. The lowest BCUT2D eigenvalue weighted by Crippen LogP contribution is -2.23. The Bertz CT molecular complexity index is 454. The minimum absolute atomic E-state index is 0.0138. The van der Waals surface area contributed by atoms with Crippen LogP contribution in [0.4, 0.5) is 0 Å². The van der Waals surface area contributed by atoms with Gasteiger partial charge >= 0.3 is 0 Å². The minimum Gasteiger partial charge on any atom is -0.122 e. The zero-order chi connectivity index (χ0) is 13.1. The molecule has 18 heavy (non-hydrogen) atoms. The molecule has 2 rings (SSSR count). The van der Waals surface area contributed by atoms with Crippen molar-refractivity contribution in [3.8, 4) is 0 Å². The lowest BCUT2D eigenvalue weighted by molar-refractivity contribution is 0.684. The van der Waals surface area contributed by atoms with Crippen molar-refractivity contribution in [1.82, 2.24) is 4.31 Å². The molecule has 2 aromatic rings. The van der Waals surface area contributed by atoms with Crippen molar-refractivity contribution in [1.29, 1.82) is 0 Å². The molecule has 2 aromatic carbocycles. The molecule has 1 nitrogen and oxygen atoms in total. The maximum absolute atomic E-state index is 2.29. The molecule has 0 heterocycles. The van der Waals surface area contributed by atoms with Gasteiger partial charge in [0.05, 0.1) is 0 Å². The predicted octanol–water partition coefficient (Wildman–Crippen LogP) is 3.82. The average molecular weight is 258 g/mol. The molecule has 0 aliphatic heterocycles. The quantitative estimate of drug-likeness (QED) is 0.757. The van der Waals surface area contributed by atoms with Crippen LogP contribution in [0.15, 0.2) is 58.3 Å². The Kier molecular flexibility index (Phi) is 4.10. The van der Waals surface area contributed by atoms with Crippen molar-refractivity contribution in [2.24, 2.45) is 0 Å². The van der Waals surface area contributed by atoms with Crippen molar-refractivity contribution in [3.63, 3.8) is 0 Å². The molecule has 0 aliphatic rings. The molecule has 0 fully saturated rings. The molecule has 0 saturated carbocycles. The Hall–Kier alpha value is -1.25. The molecule has 2 heteroatoms. The Morgan fingerprint density at radius 2 is 1.00 bits per heavy atom. The van der Waals surface area contributed by atoms with Gasteiger partial charge in [-0.25, -0.2) is 0 Å². The third kappa shape index (κ3) is 2.95. The van der Waals surface area contributed by atoms with Crippen LogP contribution in [0.25, 0.3) is 0 Å². The van der Waals surface area contributed by atoms with Crippen LogP contribution in [0, 0.1) is 13.8 Å². The highest BCUT2D eigenvalue weighted by atomic mass is 32.2. The monoisotopic (exact) mass is 258 g/mol. The fourth-order valence-corrected chi connectivity index (χ4v) is 3.80. The second-order valence-electron chi connectivity index (χ2n) is 4.72. The molecule has 0 unspecified atom stereocenters. The Morgan fingerprint density at radius 1 is 0.667 bits per heavy atom. The lowest BCUT2D eigenvalue weighted by atomic mass is 10.2. The van der Waals surface area contributed by atoms with Crippen LogP contribution in [0.5, 0.6) is 0 Å². The van der Waals surface area contributed by atoms with E-state index in [2.05, 4.69) is 80.8 Å². The second kappa shape index (κ2) is 5.59. The number of benzene rings is 2. The summed E-state index contributed by atoms with van der Waals surface area (Å²) < 4.78 is 2.29. The topological polar surface area (TPSA) is 3.24 Å². The first-order valence-corrected chi connectivity index (χ1v) is 7.31. The van der Waals surface area contributed by atoms with Gasteiger partial charge in [0.1, 0.15) is 0 Å². The first kappa shape index (κ1) is 13.2. The van der Waals surface area contributed by atoms with E-state index in [0.717, 1.165) is 0 Å². The van der Waals surface area contributed by atoms with Crippen LogP contribution in [0.2, 0.25) is 0 Å². The number of hydrogen-bond acceptors (Lipinski definition) is 1. The average Bonchev–Trinajstić information content (AvgIpc) is 2.34. The first-order valence-electron chi connectivity index (χ1n) is 6.13. The Balaban J connectivity index is 2.39. The van der Waals surface area contributed by atoms with Crippen LogP contribution < -0.4 is 0 Å². The minimum atomic E-state index is 0.0138. The Morgan fingerprint density at radius 3 is 1.28 bits per heavy atom. The lowest BCUT2D eigenvalue weighted by Gasteiger charge is -2.13. The molecular weight excluding hydrogens is 238 g/mol. The van der Waals surface area contributed by atoms with Crippen LogP contribution in [0.3, 0.4) is 0 Å². The van der Waals surface area contributed by atoms with Crippen molar-refractivity contribution < 1.29 is 0 Å². The zero-order valence-corrected chi connectivity index (χ0v) is 12.3. The van der Waals surface area contributed by atoms with E-state index in [1.807, 2.05) is 0 Å². The maximum Gasteiger partial charge on any atom is 0.182 e. The van der Waals surface area contributed by atoms with Crippen LogP contribution in [-0.2, 0) is 11.1 Å². The van der Waals surface area contributed by atoms with Gasteiger partial charge < -0.3 is 0 Å². The summed E-state index contributed by atoms with van der Waals surface area (Å²) in [5, 5.41) is 0. The summed E-state index contributed by atoms with van der Waals surface area (Å²) in [5.41, 5.74) is 2.62. The zero-order valence-electron chi connectivity index (χ0n) is 11.5. The highest BCUT2D eigenvalue weighted by Crippen LogP contribution is 2.25. The standard InChI is InChI=1S/C16H20NS/c1-13-5-9-15(10-6-13)18(17(3)4)16-11-7-14(2)8-12-16/h5-12H,1-4H3/q+1. The van der Waals surface area contributed by atoms with Gasteiger partial charge in [-0.3, -0.25) is 0 Å². The van der Waals surface area contributed by atoms with Gasteiger partial charge in [0.15, 0.2) is 20.9 Å². The summed E-state index contributed by atoms with van der Waals surface area (Å²) in [6, 6.07) is 17.7. The molecule has 0 N–H and O–H groups in total. The van der Waals surface area contributed by atoms with Crippen LogP contribution in [0.1, 0.15) is 11.1 Å². The molecular formula is C16H20NS+. The fraction of sp³-hybridized carbons (Fsp3) is 0.250. The van der Waals surface area contributed by atoms with Crippen molar-refractivity contribution in [2.45, 2.75) is 23.6 Å². The molecule has 0 amide bonds. The number of hydrogen-bond donors (Lipinski definition) is 0. The van der Waals surface area contributed by atoms with E-state index in [1.54, 1.807) is 0 Å². The second-order valence-corrected chi connectivity index (χ2v) is 6.97. The molecule has 0 aliphatic carbocycles. The summed E-state index contributed by atoms with van der Waals surface area (Å²) in [6.45, 7) is 4.26. The van der Waals surface area contributed by atoms with Crippen molar-refractivity contribution >= 4 is 11.1 Å². The summed E-state index contributed by atoms with van der Waals surface area (Å²) in [7, 11) is 4.28. The molecule has 0 saturated heterocycles. The molecule has 0 bridgehead atoms. The smallest absolute Gasteiger partial charge is 0.122 e. The maximum atomic E-state index is 2.29. The molecule has 94 valence electrons. The molecule has 0 radical (unpaired) electrons. The van der Waals surface area contributed by atoms with E-state index in [0.29, 0.717) is 0 Å². The summed E-state index contributed by atoms with van der Waals surface area (Å²) in [5.74, 6) is 0. The summed E-state index contributed by atoms with van der Waals surface area (Å²) in [6.07, 6.45) is 0. The summed E-state index contributed by atoms with van der Waals surface area (Å²) >= 11 is 0.0138. The highest BCUT2D eigenvalue weighted by Gasteiger charge is 2.28. The van der Waals surface area contributed by atoms with E-state index in [4.69, 9.17) is 0 Å². The fourth-order valence-electron chi connectivity index (χ4n) is 1.89. The van der Waals surface area contributed by atoms with Crippen LogP contribution >= 0.6 is 0 Å². The number of rotatable bonds is 3. The van der Waals surface area contributed by atoms with E-state index >= 15 is 0 Å². The predicted molar refractivity (Wildman–Crippen MR) is 79.9 cm³/mol. The first-order chi connectivity index (χ1) is 8.58. The molecule has 0 aromatic heterocycles. The van der Waals surface area contributed by atoms with Crippen molar-refractivity contribution in [3.05, 3.63) is 59.7 Å². The van der Waals surface area contributed by atoms with E-state index in [9.17, 15) is 0 Å². The normalized spacial score (nSPS) is 11.2. The summed E-state index contributed by atoms with van der Waals surface area (Å²) in [4.78, 5) is 2.74. The van der Waals surface area contributed by atoms with E-state index < -0.39 is 0 Å². The van der Waals surface area contributed by atoms with Gasteiger partial charge in [-0.1, -0.05) is 35.4 Å². The van der Waals surface area contributed by atoms with Gasteiger partial charge in [0, 0.05) is 14.1 Å². The van der Waals surface area contributed by atoms with Crippen molar-refractivity contribution in [2.75, 3.05) is 14.1 Å².